The third-order valence-corrected chi connectivity index (χ3v) is 4.20. The summed E-state index contributed by atoms with van der Waals surface area (Å²) in [6.45, 7) is -0.0141. The van der Waals surface area contributed by atoms with E-state index in [1.54, 1.807) is 12.1 Å². The second-order valence-corrected chi connectivity index (χ2v) is 6.20. The summed E-state index contributed by atoms with van der Waals surface area (Å²) in [5.74, 6) is -0.0875. The minimum absolute atomic E-state index is 0.0141. The summed E-state index contributed by atoms with van der Waals surface area (Å²) in [7, 11) is -3.83. The van der Waals surface area contributed by atoms with Gasteiger partial charge in [0.1, 0.15) is 0 Å². The SMILES string of the molecule is NS(=O)(=O)NCC1(CCl)CC(=O)Nc2ccccc21. The van der Waals surface area contributed by atoms with Gasteiger partial charge in [-0.05, 0) is 11.6 Å². The topological polar surface area (TPSA) is 101 Å². The number of alkyl halides is 1. The van der Waals surface area contributed by atoms with Gasteiger partial charge in [-0.1, -0.05) is 18.2 Å². The second kappa shape index (κ2) is 5.09. The molecule has 1 atom stereocenters. The maximum Gasteiger partial charge on any atom is 0.274 e. The molecule has 0 aromatic heterocycles. The van der Waals surface area contributed by atoms with E-state index in [0.717, 1.165) is 5.56 Å². The maximum absolute atomic E-state index is 11.7. The lowest BCUT2D eigenvalue weighted by molar-refractivity contribution is -0.117. The van der Waals surface area contributed by atoms with Crippen molar-refractivity contribution < 1.29 is 13.2 Å². The van der Waals surface area contributed by atoms with Crippen molar-refractivity contribution in [3.8, 4) is 0 Å². The minimum Gasteiger partial charge on any atom is -0.326 e. The summed E-state index contributed by atoms with van der Waals surface area (Å²) in [6.07, 6.45) is 0.107. The molecule has 0 radical (unpaired) electrons. The first-order chi connectivity index (χ1) is 8.86. The van der Waals surface area contributed by atoms with Crippen LogP contribution < -0.4 is 15.2 Å². The number of hydrogen-bond acceptors (Lipinski definition) is 3. The van der Waals surface area contributed by atoms with Crippen LogP contribution in [0.25, 0.3) is 0 Å². The molecule has 1 heterocycles. The average Bonchev–Trinajstić information content (AvgIpc) is 2.35. The minimum atomic E-state index is -3.83. The lowest BCUT2D eigenvalue weighted by Crippen LogP contribution is -2.48. The fourth-order valence-electron chi connectivity index (χ4n) is 2.21. The Morgan fingerprint density at radius 3 is 2.74 bits per heavy atom. The predicted molar refractivity (Wildman–Crippen MR) is 73.2 cm³/mol. The van der Waals surface area contributed by atoms with Crippen LogP contribution in [0.1, 0.15) is 12.0 Å². The molecule has 104 valence electrons. The molecule has 19 heavy (non-hydrogen) atoms. The number of para-hydroxylation sites is 1. The van der Waals surface area contributed by atoms with E-state index in [0.29, 0.717) is 5.69 Å². The van der Waals surface area contributed by atoms with Crippen LogP contribution in [0.2, 0.25) is 0 Å². The van der Waals surface area contributed by atoms with Gasteiger partial charge in [-0.15, -0.1) is 11.6 Å². The molecule has 1 aromatic carbocycles. The van der Waals surface area contributed by atoms with E-state index in [-0.39, 0.29) is 24.8 Å². The highest BCUT2D eigenvalue weighted by Crippen LogP contribution is 2.38. The maximum atomic E-state index is 11.7. The van der Waals surface area contributed by atoms with Crippen LogP contribution in [0.15, 0.2) is 24.3 Å². The third kappa shape index (κ3) is 3.06. The molecule has 0 saturated heterocycles. The number of rotatable bonds is 4. The molecule has 2 rings (SSSR count). The Kier molecular flexibility index (Phi) is 3.82. The van der Waals surface area contributed by atoms with Gasteiger partial charge in [0.2, 0.25) is 5.91 Å². The van der Waals surface area contributed by atoms with Gasteiger partial charge in [0.15, 0.2) is 0 Å². The quantitative estimate of drug-likeness (QED) is 0.697. The molecule has 4 N–H and O–H groups in total. The Morgan fingerprint density at radius 2 is 2.11 bits per heavy atom. The van der Waals surface area contributed by atoms with Crippen molar-refractivity contribution in [3.05, 3.63) is 29.8 Å². The number of halogens is 1. The van der Waals surface area contributed by atoms with Crippen LogP contribution in [0.4, 0.5) is 5.69 Å². The number of fused-ring (bicyclic) bond motifs is 1. The fraction of sp³-hybridized carbons (Fsp3) is 0.364. The van der Waals surface area contributed by atoms with Crippen molar-refractivity contribution in [3.63, 3.8) is 0 Å². The molecule has 0 bridgehead atoms. The van der Waals surface area contributed by atoms with Gasteiger partial charge >= 0.3 is 0 Å². The van der Waals surface area contributed by atoms with Crippen molar-refractivity contribution >= 4 is 33.4 Å². The van der Waals surface area contributed by atoms with E-state index in [9.17, 15) is 13.2 Å². The van der Waals surface area contributed by atoms with E-state index in [1.165, 1.54) is 0 Å². The molecule has 0 spiro atoms. The van der Waals surface area contributed by atoms with Gasteiger partial charge in [0.05, 0.1) is 0 Å². The third-order valence-electron chi connectivity index (χ3n) is 3.14. The Labute approximate surface area is 116 Å². The standard InChI is InChI=1S/C11H14ClN3O3S/c12-6-11(7-14-19(13,17)18)5-10(16)15-9-4-2-1-3-8(9)11/h1-4,14H,5-7H2,(H,15,16)(H2,13,17,18). The number of nitrogens with two attached hydrogens (primary N) is 1. The number of nitrogens with one attached hydrogen (secondary N) is 2. The number of hydrogen-bond donors (Lipinski definition) is 3. The van der Waals surface area contributed by atoms with E-state index in [4.69, 9.17) is 16.7 Å². The molecular formula is C11H14ClN3O3S. The molecule has 1 unspecified atom stereocenters. The highest BCUT2D eigenvalue weighted by atomic mass is 35.5. The van der Waals surface area contributed by atoms with Gasteiger partial charge in [0, 0.05) is 29.9 Å². The first kappa shape index (κ1) is 14.3. The van der Waals surface area contributed by atoms with Gasteiger partial charge in [-0.3, -0.25) is 4.79 Å². The first-order valence-electron chi connectivity index (χ1n) is 5.59. The number of carbonyl (C=O) groups is 1. The zero-order chi connectivity index (χ0) is 14.1. The molecule has 1 amide bonds. The molecule has 0 fully saturated rings. The highest BCUT2D eigenvalue weighted by molar-refractivity contribution is 7.87. The van der Waals surface area contributed by atoms with Gasteiger partial charge < -0.3 is 5.32 Å². The van der Waals surface area contributed by atoms with Crippen molar-refractivity contribution in [2.24, 2.45) is 5.14 Å². The second-order valence-electron chi connectivity index (χ2n) is 4.55. The van der Waals surface area contributed by atoms with E-state index in [1.807, 2.05) is 12.1 Å². The van der Waals surface area contributed by atoms with Crippen molar-refractivity contribution in [1.29, 1.82) is 0 Å². The van der Waals surface area contributed by atoms with Gasteiger partial charge in [-0.25, -0.2) is 9.86 Å². The van der Waals surface area contributed by atoms with Crippen molar-refractivity contribution in [2.45, 2.75) is 11.8 Å². The average molecular weight is 304 g/mol. The number of anilines is 1. The zero-order valence-electron chi connectivity index (χ0n) is 10.0. The Morgan fingerprint density at radius 1 is 1.42 bits per heavy atom. The molecule has 1 aromatic rings. The fourth-order valence-corrected chi connectivity index (χ4v) is 3.02. The van der Waals surface area contributed by atoms with Crippen LogP contribution in [0, 0.1) is 0 Å². The van der Waals surface area contributed by atoms with Crippen molar-refractivity contribution in [1.82, 2.24) is 4.72 Å². The molecule has 1 aliphatic heterocycles. The molecule has 0 aliphatic carbocycles. The summed E-state index contributed by atoms with van der Waals surface area (Å²) in [5, 5.41) is 7.68. The largest absolute Gasteiger partial charge is 0.326 e. The molecule has 8 heteroatoms. The van der Waals surface area contributed by atoms with E-state index >= 15 is 0 Å². The summed E-state index contributed by atoms with van der Waals surface area (Å²) in [4.78, 5) is 11.7. The number of amides is 1. The van der Waals surface area contributed by atoms with E-state index < -0.39 is 15.6 Å². The van der Waals surface area contributed by atoms with Crippen LogP contribution in [-0.4, -0.2) is 26.7 Å². The summed E-state index contributed by atoms with van der Waals surface area (Å²) in [5.41, 5.74) is 0.670. The van der Waals surface area contributed by atoms with E-state index in [2.05, 4.69) is 10.0 Å². The normalized spacial score (nSPS) is 22.7. The van der Waals surface area contributed by atoms with Gasteiger partial charge in [-0.2, -0.15) is 8.42 Å². The van der Waals surface area contributed by atoms with Crippen LogP contribution in [0.5, 0.6) is 0 Å². The number of carbonyl (C=O) groups excluding carboxylic acids is 1. The van der Waals surface area contributed by atoms with Crippen LogP contribution in [0.3, 0.4) is 0 Å². The smallest absolute Gasteiger partial charge is 0.274 e. The number of benzene rings is 1. The Hall–Kier alpha value is -1.15. The summed E-state index contributed by atoms with van der Waals surface area (Å²) >= 11 is 6.00. The molecule has 0 saturated carbocycles. The lowest BCUT2D eigenvalue weighted by atomic mass is 9.76. The highest BCUT2D eigenvalue weighted by Gasteiger charge is 2.40. The lowest BCUT2D eigenvalue weighted by Gasteiger charge is -2.37. The van der Waals surface area contributed by atoms with Crippen LogP contribution >= 0.6 is 11.6 Å². The molecule has 1 aliphatic rings. The summed E-state index contributed by atoms with van der Waals surface area (Å²) < 4.78 is 24.3. The zero-order valence-corrected chi connectivity index (χ0v) is 11.6. The van der Waals surface area contributed by atoms with Crippen molar-refractivity contribution in [2.75, 3.05) is 17.7 Å². The van der Waals surface area contributed by atoms with Gasteiger partial charge in [0.25, 0.3) is 10.2 Å². The Bertz CT molecular complexity index is 605. The van der Waals surface area contributed by atoms with Crippen LogP contribution in [-0.2, 0) is 20.4 Å². The molecular weight excluding hydrogens is 290 g/mol. The summed E-state index contributed by atoms with van der Waals surface area (Å²) in [6, 6.07) is 7.18. The monoisotopic (exact) mass is 303 g/mol. The first-order valence-corrected chi connectivity index (χ1v) is 7.67. The predicted octanol–water partition coefficient (Wildman–Crippen LogP) is 0.299. The Balaban J connectivity index is 2.41. The molecule has 6 nitrogen and oxygen atoms in total.